The summed E-state index contributed by atoms with van der Waals surface area (Å²) in [5, 5.41) is 16.4. The number of carbonyl (C=O) groups is 2. The number of carboxylic acid groups (broad SMARTS) is 1. The summed E-state index contributed by atoms with van der Waals surface area (Å²) in [7, 11) is 0. The lowest BCUT2D eigenvalue weighted by Gasteiger charge is -2.15. The molecule has 9 heteroatoms. The Hall–Kier alpha value is -4.17. The van der Waals surface area contributed by atoms with Crippen LogP contribution in [-0.2, 0) is 4.74 Å². The largest absolute Gasteiger partial charge is 0.477 e. The van der Waals surface area contributed by atoms with Gasteiger partial charge in [-0.2, -0.15) is 0 Å². The zero-order chi connectivity index (χ0) is 24.2. The molecule has 4 aromatic rings. The van der Waals surface area contributed by atoms with Crippen molar-refractivity contribution in [3.05, 3.63) is 88.8 Å². The fourth-order valence-corrected chi connectivity index (χ4v) is 3.68. The van der Waals surface area contributed by atoms with Crippen molar-refractivity contribution in [1.29, 1.82) is 0 Å². The Bertz CT molecular complexity index is 1350. The van der Waals surface area contributed by atoms with Crippen molar-refractivity contribution in [2.75, 3.05) is 5.32 Å². The molecule has 2 heterocycles. The van der Waals surface area contributed by atoms with Gasteiger partial charge in [0.2, 0.25) is 0 Å². The molecule has 2 aromatic carbocycles. The highest BCUT2D eigenvalue weighted by atomic mass is 35.5. The first-order valence-corrected chi connectivity index (χ1v) is 10.7. The summed E-state index contributed by atoms with van der Waals surface area (Å²) in [5.74, 6) is -0.680. The first-order chi connectivity index (χ1) is 16.3. The van der Waals surface area contributed by atoms with Gasteiger partial charge in [-0.3, -0.25) is 5.32 Å². The quantitative estimate of drug-likeness (QED) is 0.331. The zero-order valence-electron chi connectivity index (χ0n) is 18.3. The van der Waals surface area contributed by atoms with Gasteiger partial charge >= 0.3 is 12.1 Å². The van der Waals surface area contributed by atoms with E-state index in [9.17, 15) is 9.59 Å². The van der Waals surface area contributed by atoms with E-state index in [4.69, 9.17) is 26.0 Å². The minimum absolute atomic E-state index is 0.0373. The van der Waals surface area contributed by atoms with Crippen LogP contribution in [0.4, 0.5) is 10.5 Å². The van der Waals surface area contributed by atoms with Gasteiger partial charge in [0.05, 0.1) is 5.69 Å². The van der Waals surface area contributed by atoms with E-state index in [1.165, 1.54) is 6.07 Å². The molecule has 1 atom stereocenters. The zero-order valence-corrected chi connectivity index (χ0v) is 19.0. The first kappa shape index (κ1) is 23.0. The summed E-state index contributed by atoms with van der Waals surface area (Å²) in [4.78, 5) is 27.9. The minimum Gasteiger partial charge on any atom is -0.477 e. The van der Waals surface area contributed by atoms with E-state index in [0.29, 0.717) is 39.0 Å². The smallest absolute Gasteiger partial charge is 0.412 e. The van der Waals surface area contributed by atoms with Crippen molar-refractivity contribution >= 4 is 29.4 Å². The second-order valence-electron chi connectivity index (χ2n) is 7.45. The average molecular weight is 478 g/mol. The number of benzene rings is 2. The van der Waals surface area contributed by atoms with Crippen molar-refractivity contribution in [2.45, 2.75) is 20.0 Å². The van der Waals surface area contributed by atoms with Gasteiger partial charge in [-0.25, -0.2) is 14.6 Å². The highest BCUT2D eigenvalue weighted by molar-refractivity contribution is 6.31. The molecule has 8 nitrogen and oxygen atoms in total. The predicted molar refractivity (Wildman–Crippen MR) is 127 cm³/mol. The van der Waals surface area contributed by atoms with Gasteiger partial charge in [0.1, 0.15) is 23.2 Å². The van der Waals surface area contributed by atoms with Crippen LogP contribution in [0.5, 0.6) is 0 Å². The lowest BCUT2D eigenvalue weighted by atomic mass is 10.1. The fraction of sp³-hybridized carbons (Fsp3) is 0.120. The number of nitrogens with one attached hydrogen (secondary N) is 1. The van der Waals surface area contributed by atoms with Gasteiger partial charge < -0.3 is 14.4 Å². The number of rotatable bonds is 6. The number of hydrogen-bond acceptors (Lipinski definition) is 6. The Morgan fingerprint density at radius 3 is 2.44 bits per heavy atom. The topological polar surface area (TPSA) is 115 Å². The molecule has 0 bridgehead atoms. The van der Waals surface area contributed by atoms with Crippen LogP contribution in [0.25, 0.3) is 22.5 Å². The molecule has 4 rings (SSSR count). The molecule has 2 N–H and O–H groups in total. The second kappa shape index (κ2) is 9.76. The maximum atomic E-state index is 12.6. The molecular formula is C25H20ClN3O5. The Morgan fingerprint density at radius 2 is 1.74 bits per heavy atom. The molecule has 0 aliphatic rings. The molecule has 0 saturated heterocycles. The molecule has 1 amide bonds. The first-order valence-electron chi connectivity index (χ1n) is 10.3. The molecule has 34 heavy (non-hydrogen) atoms. The van der Waals surface area contributed by atoms with E-state index in [1.54, 1.807) is 68.4 Å². The van der Waals surface area contributed by atoms with Crippen molar-refractivity contribution in [3.63, 3.8) is 0 Å². The van der Waals surface area contributed by atoms with Gasteiger partial charge in [-0.05, 0) is 32.0 Å². The lowest BCUT2D eigenvalue weighted by Crippen LogP contribution is -2.17. The van der Waals surface area contributed by atoms with Crippen LogP contribution in [0.15, 0.2) is 71.3 Å². The summed E-state index contributed by atoms with van der Waals surface area (Å²) in [6, 6.07) is 19.1. The van der Waals surface area contributed by atoms with E-state index in [0.717, 1.165) is 5.56 Å². The van der Waals surface area contributed by atoms with Gasteiger partial charge in [0, 0.05) is 21.7 Å². The molecule has 0 aliphatic carbocycles. The number of hydrogen-bond donors (Lipinski definition) is 2. The number of aromatic nitrogens is 2. The Morgan fingerprint density at radius 1 is 1.03 bits per heavy atom. The van der Waals surface area contributed by atoms with E-state index in [1.807, 2.05) is 6.07 Å². The standard InChI is InChI=1S/C25H20ClN3O5/c1-14(18-6-3-4-7-19(18)26)33-25(32)28-22-15(2)34-29-23(22)17-12-10-16(11-13-17)20-8-5-9-21(27-20)24(30)31/h3-14H,1-2H3,(H,28,32)(H,30,31). The number of pyridine rings is 1. The third-order valence-electron chi connectivity index (χ3n) is 5.14. The Balaban J connectivity index is 1.52. The summed E-state index contributed by atoms with van der Waals surface area (Å²) < 4.78 is 10.8. The number of anilines is 1. The molecule has 0 spiro atoms. The fourth-order valence-electron chi connectivity index (χ4n) is 3.39. The van der Waals surface area contributed by atoms with Gasteiger partial charge in [-0.1, -0.05) is 65.3 Å². The molecule has 0 aliphatic heterocycles. The number of amides is 1. The van der Waals surface area contributed by atoms with Crippen molar-refractivity contribution in [2.24, 2.45) is 0 Å². The van der Waals surface area contributed by atoms with Crippen molar-refractivity contribution in [3.8, 4) is 22.5 Å². The highest BCUT2D eigenvalue weighted by Gasteiger charge is 2.20. The molecule has 0 radical (unpaired) electrons. The van der Waals surface area contributed by atoms with Gasteiger partial charge in [0.25, 0.3) is 0 Å². The van der Waals surface area contributed by atoms with Crippen LogP contribution < -0.4 is 5.32 Å². The normalized spacial score (nSPS) is 11.6. The number of nitrogens with zero attached hydrogens (tertiary/aromatic N) is 2. The summed E-state index contributed by atoms with van der Waals surface area (Å²) in [5.41, 5.74) is 3.41. The molecular weight excluding hydrogens is 458 g/mol. The number of carboxylic acids is 1. The van der Waals surface area contributed by atoms with Crippen molar-refractivity contribution in [1.82, 2.24) is 10.1 Å². The Labute approximate surface area is 200 Å². The van der Waals surface area contributed by atoms with E-state index >= 15 is 0 Å². The summed E-state index contributed by atoms with van der Waals surface area (Å²) in [6.07, 6.45) is -1.24. The monoisotopic (exact) mass is 477 g/mol. The lowest BCUT2D eigenvalue weighted by molar-refractivity contribution is 0.0690. The summed E-state index contributed by atoms with van der Waals surface area (Å²) >= 11 is 6.19. The number of ether oxygens (including phenoxy) is 1. The van der Waals surface area contributed by atoms with E-state index in [-0.39, 0.29) is 5.69 Å². The van der Waals surface area contributed by atoms with Gasteiger partial charge in [-0.15, -0.1) is 0 Å². The maximum absolute atomic E-state index is 12.6. The molecule has 1 unspecified atom stereocenters. The van der Waals surface area contributed by atoms with Crippen LogP contribution in [0.3, 0.4) is 0 Å². The molecule has 2 aromatic heterocycles. The minimum atomic E-state index is -1.09. The summed E-state index contributed by atoms with van der Waals surface area (Å²) in [6.45, 7) is 3.41. The average Bonchev–Trinajstić information content (AvgIpc) is 3.19. The van der Waals surface area contributed by atoms with Gasteiger partial charge in [0.15, 0.2) is 5.76 Å². The second-order valence-corrected chi connectivity index (χ2v) is 7.85. The van der Waals surface area contributed by atoms with Crippen LogP contribution in [0.2, 0.25) is 5.02 Å². The SMILES string of the molecule is Cc1onc(-c2ccc(-c3cccc(C(=O)O)n3)cc2)c1NC(=O)OC(C)c1ccccc1Cl. The van der Waals surface area contributed by atoms with E-state index in [2.05, 4.69) is 15.5 Å². The third kappa shape index (κ3) is 4.92. The molecule has 0 fully saturated rings. The van der Waals surface area contributed by atoms with Crippen LogP contribution in [0, 0.1) is 6.92 Å². The number of halogens is 1. The predicted octanol–water partition coefficient (Wildman–Crippen LogP) is 6.37. The third-order valence-corrected chi connectivity index (χ3v) is 5.48. The van der Waals surface area contributed by atoms with E-state index < -0.39 is 18.2 Å². The maximum Gasteiger partial charge on any atom is 0.412 e. The number of aryl methyl sites for hydroxylation is 1. The molecule has 172 valence electrons. The van der Waals surface area contributed by atoms with Crippen LogP contribution in [-0.4, -0.2) is 27.3 Å². The van der Waals surface area contributed by atoms with Crippen molar-refractivity contribution < 1.29 is 24.0 Å². The van der Waals surface area contributed by atoms with Crippen LogP contribution in [0.1, 0.15) is 34.8 Å². The number of carbonyl (C=O) groups excluding carboxylic acids is 1. The number of aromatic carboxylic acids is 1. The van der Waals surface area contributed by atoms with Crippen LogP contribution >= 0.6 is 11.6 Å². The Kier molecular flexibility index (Phi) is 6.60. The molecule has 0 saturated carbocycles. The highest BCUT2D eigenvalue weighted by Crippen LogP contribution is 2.32.